The average Bonchev–Trinajstić information content (AvgIpc) is 3.38. The third-order valence-electron chi connectivity index (χ3n) is 7.12. The van der Waals surface area contributed by atoms with Crippen LogP contribution in [0, 0.1) is 11.8 Å². The van der Waals surface area contributed by atoms with Crippen molar-refractivity contribution >= 4 is 23.5 Å². The summed E-state index contributed by atoms with van der Waals surface area (Å²) in [5.41, 5.74) is -0.268. The topological polar surface area (TPSA) is 103 Å². The molecule has 37 heavy (non-hydrogen) atoms. The van der Waals surface area contributed by atoms with Gasteiger partial charge in [0.15, 0.2) is 0 Å². The molecule has 2 amide bonds. The van der Waals surface area contributed by atoms with E-state index in [-0.39, 0.29) is 12.5 Å². The molecule has 4 atom stereocenters. The molecular weight excluding hydrogens is 476 g/mol. The van der Waals surface area contributed by atoms with Gasteiger partial charge in [0.05, 0.1) is 45.0 Å². The van der Waals surface area contributed by atoms with E-state index in [0.717, 1.165) is 0 Å². The third kappa shape index (κ3) is 4.41. The number of anilines is 1. The zero-order valence-electron chi connectivity index (χ0n) is 21.9. The first kappa shape index (κ1) is 26.5. The normalized spacial score (nSPS) is 24.7. The summed E-state index contributed by atoms with van der Waals surface area (Å²) in [7, 11) is 3.09. The Kier molecular flexibility index (Phi) is 7.73. The van der Waals surface area contributed by atoms with Crippen LogP contribution in [0.25, 0.3) is 0 Å². The molecule has 198 valence electrons. The molecule has 9 heteroatoms. The van der Waals surface area contributed by atoms with Crippen molar-refractivity contribution in [2.45, 2.75) is 45.2 Å². The first-order valence-electron chi connectivity index (χ1n) is 12.6. The Balaban J connectivity index is 1.85. The second kappa shape index (κ2) is 10.8. The number of fused-ring (bicyclic) bond motifs is 1. The molecule has 0 aromatic heterocycles. The minimum absolute atomic E-state index is 0.157. The van der Waals surface area contributed by atoms with Crippen LogP contribution >= 0.6 is 0 Å². The molecule has 4 rings (SSSR count). The summed E-state index contributed by atoms with van der Waals surface area (Å²) in [5, 5.41) is 3.40. The minimum atomic E-state index is -1.36. The van der Waals surface area contributed by atoms with Gasteiger partial charge in [0, 0.05) is 17.7 Å². The zero-order valence-corrected chi connectivity index (χ0v) is 21.9. The van der Waals surface area contributed by atoms with Crippen molar-refractivity contribution < 1.29 is 33.3 Å². The third-order valence-corrected chi connectivity index (χ3v) is 7.12. The van der Waals surface area contributed by atoms with Gasteiger partial charge in [-0.15, -0.1) is 0 Å². The molecule has 2 aliphatic heterocycles. The lowest BCUT2D eigenvalue weighted by Crippen LogP contribution is -2.56. The molecular formula is C28H34N2O7. The van der Waals surface area contributed by atoms with E-state index in [4.69, 9.17) is 18.9 Å². The maximum absolute atomic E-state index is 14.0. The van der Waals surface area contributed by atoms with Gasteiger partial charge in [0.25, 0.3) is 0 Å². The number of benzene rings is 2. The van der Waals surface area contributed by atoms with Gasteiger partial charge in [-0.1, -0.05) is 19.4 Å². The van der Waals surface area contributed by atoms with E-state index in [1.165, 1.54) is 12.0 Å². The monoisotopic (exact) mass is 510 g/mol. The fourth-order valence-corrected chi connectivity index (χ4v) is 5.63. The van der Waals surface area contributed by atoms with Gasteiger partial charge in [0.1, 0.15) is 22.8 Å². The molecule has 2 fully saturated rings. The van der Waals surface area contributed by atoms with Crippen LogP contribution in [0.5, 0.6) is 17.2 Å². The lowest BCUT2D eigenvalue weighted by Gasteiger charge is -2.32. The Hall–Kier alpha value is -3.59. The molecule has 2 aromatic carbocycles. The molecule has 0 saturated carbocycles. The largest absolute Gasteiger partial charge is 0.497 e. The number of hydrogen-bond donors (Lipinski definition) is 1. The number of nitrogens with zero attached hydrogens (tertiary/aromatic N) is 1. The van der Waals surface area contributed by atoms with E-state index in [1.54, 1.807) is 56.5 Å². The van der Waals surface area contributed by atoms with Crippen molar-refractivity contribution in [1.29, 1.82) is 0 Å². The van der Waals surface area contributed by atoms with Gasteiger partial charge in [-0.3, -0.25) is 19.7 Å². The fraction of sp³-hybridized carbons (Fsp3) is 0.464. The first-order valence-corrected chi connectivity index (χ1v) is 12.6. The van der Waals surface area contributed by atoms with Crippen molar-refractivity contribution in [2.75, 3.05) is 32.3 Å². The van der Waals surface area contributed by atoms with E-state index in [0.29, 0.717) is 47.9 Å². The van der Waals surface area contributed by atoms with Crippen LogP contribution in [0.1, 0.15) is 45.2 Å². The van der Waals surface area contributed by atoms with Gasteiger partial charge >= 0.3 is 5.97 Å². The van der Waals surface area contributed by atoms with Crippen LogP contribution in [0.2, 0.25) is 0 Å². The van der Waals surface area contributed by atoms with Crippen LogP contribution in [0.4, 0.5) is 5.69 Å². The Morgan fingerprint density at radius 2 is 1.65 bits per heavy atom. The maximum atomic E-state index is 14.0. The Morgan fingerprint density at radius 1 is 0.946 bits per heavy atom. The number of methoxy groups -OCH3 is 2. The van der Waals surface area contributed by atoms with Gasteiger partial charge < -0.3 is 18.9 Å². The molecule has 2 saturated heterocycles. The molecule has 0 aliphatic carbocycles. The second-order valence-corrected chi connectivity index (χ2v) is 9.11. The number of hydrogen-bond acceptors (Lipinski definition) is 8. The number of rotatable bonds is 10. The molecule has 0 bridgehead atoms. The van der Waals surface area contributed by atoms with Gasteiger partial charge in [0.2, 0.25) is 11.8 Å². The highest BCUT2D eigenvalue weighted by atomic mass is 16.5. The average molecular weight is 511 g/mol. The smallest absolute Gasteiger partial charge is 0.327 e. The predicted octanol–water partition coefficient (Wildman–Crippen LogP) is 3.65. The van der Waals surface area contributed by atoms with Crippen molar-refractivity contribution in [3.8, 4) is 17.2 Å². The zero-order chi connectivity index (χ0) is 26.7. The number of nitrogens with one attached hydrogen (secondary N) is 1. The molecule has 1 N–H and O–H groups in total. The Morgan fingerprint density at radius 3 is 2.24 bits per heavy atom. The Bertz CT molecular complexity index is 1170. The minimum Gasteiger partial charge on any atom is -0.497 e. The summed E-state index contributed by atoms with van der Waals surface area (Å²) in [4.78, 5) is 42.7. The van der Waals surface area contributed by atoms with Crippen LogP contribution in [-0.2, 0) is 19.1 Å². The highest BCUT2D eigenvalue weighted by Crippen LogP contribution is 2.53. The van der Waals surface area contributed by atoms with E-state index >= 15 is 0 Å². The lowest BCUT2D eigenvalue weighted by atomic mass is 9.77. The number of carbonyl (C=O) groups is 3. The van der Waals surface area contributed by atoms with Crippen molar-refractivity contribution in [2.24, 2.45) is 11.8 Å². The van der Waals surface area contributed by atoms with Crippen LogP contribution in [0.3, 0.4) is 0 Å². The molecule has 9 nitrogen and oxygen atoms in total. The molecule has 2 heterocycles. The number of imide groups is 1. The standard InChI is InChI=1S/C28H34N2O7/c1-6-15-28(27(33)37-8-3)23-22(24(29-28)20-14-13-19(34-4)16-21(20)35-5)25(31)30(26(23)32)17-9-11-18(12-10-17)36-7-2/h9-14,16,22-24,29H,6-8,15H2,1-5H3/t22-,23+,24+,28-/m0/s1. The van der Waals surface area contributed by atoms with E-state index < -0.39 is 35.3 Å². The van der Waals surface area contributed by atoms with E-state index in [1.807, 2.05) is 13.8 Å². The van der Waals surface area contributed by atoms with E-state index in [2.05, 4.69) is 5.32 Å². The van der Waals surface area contributed by atoms with Gasteiger partial charge in [-0.2, -0.15) is 0 Å². The second-order valence-electron chi connectivity index (χ2n) is 9.11. The number of esters is 1. The molecule has 0 spiro atoms. The van der Waals surface area contributed by atoms with Crippen LogP contribution < -0.4 is 24.4 Å². The highest BCUT2D eigenvalue weighted by Gasteiger charge is 2.68. The summed E-state index contributed by atoms with van der Waals surface area (Å²) in [6.07, 6.45) is 0.935. The van der Waals surface area contributed by atoms with E-state index in [9.17, 15) is 14.4 Å². The summed E-state index contributed by atoms with van der Waals surface area (Å²) in [6.45, 7) is 6.20. The van der Waals surface area contributed by atoms with Crippen LogP contribution in [-0.4, -0.2) is 50.8 Å². The van der Waals surface area contributed by atoms with Gasteiger partial charge in [-0.05, 0) is 50.6 Å². The maximum Gasteiger partial charge on any atom is 0.327 e. The SMILES string of the molecule is CCC[C@]1(C(=O)OCC)N[C@H](c2ccc(OC)cc2OC)[C@H]2C(=O)N(c3ccc(OCC)cc3)C(=O)[C@@H]21. The Labute approximate surface area is 217 Å². The number of carbonyl (C=O) groups excluding carboxylic acids is 3. The summed E-state index contributed by atoms with van der Waals surface area (Å²) in [5.74, 6) is -1.40. The number of amides is 2. The fourth-order valence-electron chi connectivity index (χ4n) is 5.63. The predicted molar refractivity (Wildman–Crippen MR) is 137 cm³/mol. The molecule has 0 radical (unpaired) electrons. The summed E-state index contributed by atoms with van der Waals surface area (Å²) >= 11 is 0. The number of ether oxygens (including phenoxy) is 4. The summed E-state index contributed by atoms with van der Waals surface area (Å²) < 4.78 is 22.0. The van der Waals surface area contributed by atoms with Crippen molar-refractivity contribution in [3.63, 3.8) is 0 Å². The van der Waals surface area contributed by atoms with Crippen molar-refractivity contribution in [3.05, 3.63) is 48.0 Å². The van der Waals surface area contributed by atoms with Crippen LogP contribution in [0.15, 0.2) is 42.5 Å². The molecule has 2 aromatic rings. The molecule has 2 aliphatic rings. The molecule has 0 unspecified atom stereocenters. The summed E-state index contributed by atoms with van der Waals surface area (Å²) in [6, 6.07) is 11.4. The quantitative estimate of drug-likeness (QED) is 0.382. The first-order chi connectivity index (χ1) is 17.9. The van der Waals surface area contributed by atoms with Gasteiger partial charge in [-0.25, -0.2) is 4.90 Å². The lowest BCUT2D eigenvalue weighted by molar-refractivity contribution is -0.155. The van der Waals surface area contributed by atoms with Crippen molar-refractivity contribution in [1.82, 2.24) is 5.32 Å². The highest BCUT2D eigenvalue weighted by molar-refractivity contribution is 6.24.